The van der Waals surface area contributed by atoms with Crippen LogP contribution >= 0.6 is 0 Å². The zero-order chi connectivity index (χ0) is 22.4. The molecule has 0 spiro atoms. The van der Waals surface area contributed by atoms with Crippen LogP contribution in [0.4, 0.5) is 0 Å². The van der Waals surface area contributed by atoms with Crippen molar-refractivity contribution in [2.24, 2.45) is 0 Å². The van der Waals surface area contributed by atoms with Crippen molar-refractivity contribution >= 4 is 19.7 Å². The second kappa shape index (κ2) is 7.39. The zero-order valence-electron chi connectivity index (χ0n) is 16.9. The number of para-hydroxylation sites is 1. The van der Waals surface area contributed by atoms with E-state index in [-0.39, 0.29) is 22.6 Å². The summed E-state index contributed by atoms with van der Waals surface area (Å²) >= 11 is 0. The number of hydrogen-bond acceptors (Lipinski definition) is 6. The number of aromatic nitrogens is 3. The maximum atomic E-state index is 14.0. The molecule has 0 saturated carbocycles. The highest BCUT2D eigenvalue weighted by Crippen LogP contribution is 2.45. The lowest BCUT2D eigenvalue weighted by atomic mass is 10.3. The number of nitrogens with zero attached hydrogens (tertiary/aromatic N) is 3. The van der Waals surface area contributed by atoms with Crippen molar-refractivity contribution in [2.45, 2.75) is 26.7 Å². The van der Waals surface area contributed by atoms with Gasteiger partial charge in [0.1, 0.15) is 0 Å². The minimum Gasteiger partial charge on any atom is -0.222 e. The summed E-state index contributed by atoms with van der Waals surface area (Å²) in [5, 5.41) is 8.33. The molecule has 1 aromatic heterocycles. The third-order valence-electron chi connectivity index (χ3n) is 5.80. The van der Waals surface area contributed by atoms with E-state index >= 15 is 0 Å². The van der Waals surface area contributed by atoms with Gasteiger partial charge in [-0.25, -0.2) is 21.5 Å². The Morgan fingerprint density at radius 1 is 0.656 bits per heavy atom. The second-order valence-electron chi connectivity index (χ2n) is 7.63. The lowest BCUT2D eigenvalue weighted by molar-refractivity contribution is 0.536. The van der Waals surface area contributed by atoms with Gasteiger partial charge < -0.3 is 0 Å². The van der Waals surface area contributed by atoms with Gasteiger partial charge in [0.15, 0.2) is 23.8 Å². The number of hydrogen-bond donors (Lipinski definition) is 0. The van der Waals surface area contributed by atoms with Crippen LogP contribution in [0, 0.1) is 0 Å². The van der Waals surface area contributed by atoms with Gasteiger partial charge in [-0.1, -0.05) is 59.8 Å². The molecule has 0 unspecified atom stereocenters. The van der Waals surface area contributed by atoms with Crippen LogP contribution in [0.5, 0.6) is 0 Å². The number of rotatable bonds is 5. The van der Waals surface area contributed by atoms with E-state index in [1.54, 1.807) is 36.4 Å². The molecular formula is C23H19N3O4S2. The largest absolute Gasteiger partial charge is 0.222 e. The minimum absolute atomic E-state index is 0.0381. The van der Waals surface area contributed by atoms with E-state index in [2.05, 4.69) is 10.3 Å². The second-order valence-corrected chi connectivity index (χ2v) is 12.4. The average molecular weight is 466 g/mol. The molecule has 7 nitrogen and oxygen atoms in total. The molecule has 1 aliphatic carbocycles. The summed E-state index contributed by atoms with van der Waals surface area (Å²) in [6, 6.07) is 24.6. The van der Waals surface area contributed by atoms with E-state index in [9.17, 15) is 16.8 Å². The SMILES string of the molecule is O=S(=O)(c1ccccc1)C1(S(=O)(=O)c2ccccc2)Cc2nnn(-c3ccccc3)c2C1. The fourth-order valence-electron chi connectivity index (χ4n) is 4.15. The van der Waals surface area contributed by atoms with E-state index in [1.807, 2.05) is 30.3 Å². The molecule has 162 valence electrons. The minimum atomic E-state index is -4.31. The van der Waals surface area contributed by atoms with Crippen LogP contribution in [0.15, 0.2) is 101 Å². The fraction of sp³-hybridized carbons (Fsp3) is 0.130. The Morgan fingerprint density at radius 3 is 1.62 bits per heavy atom. The van der Waals surface area contributed by atoms with Gasteiger partial charge in [0, 0.05) is 12.8 Å². The first kappa shape index (κ1) is 20.6. The van der Waals surface area contributed by atoms with Crippen LogP contribution in [0.1, 0.15) is 11.4 Å². The molecule has 4 aromatic rings. The van der Waals surface area contributed by atoms with Gasteiger partial charge in [-0.3, -0.25) is 0 Å². The predicted octanol–water partition coefficient (Wildman–Crippen LogP) is 3.01. The molecule has 1 aliphatic rings. The van der Waals surface area contributed by atoms with Crippen molar-refractivity contribution in [1.82, 2.24) is 15.0 Å². The molecule has 3 aromatic carbocycles. The van der Waals surface area contributed by atoms with Crippen LogP contribution < -0.4 is 0 Å². The topological polar surface area (TPSA) is 99.0 Å². The summed E-state index contributed by atoms with van der Waals surface area (Å²) in [5.41, 5.74) is 1.54. The quantitative estimate of drug-likeness (QED) is 0.449. The Kier molecular flexibility index (Phi) is 4.75. The molecule has 5 rings (SSSR count). The van der Waals surface area contributed by atoms with E-state index < -0.39 is 23.8 Å². The fourth-order valence-corrected chi connectivity index (χ4v) is 9.08. The monoisotopic (exact) mass is 465 g/mol. The maximum absolute atomic E-state index is 14.0. The first-order valence-electron chi connectivity index (χ1n) is 9.95. The van der Waals surface area contributed by atoms with Gasteiger partial charge in [-0.15, -0.1) is 5.10 Å². The van der Waals surface area contributed by atoms with Crippen LogP contribution in [0.25, 0.3) is 5.69 Å². The molecule has 0 fully saturated rings. The van der Waals surface area contributed by atoms with Crippen LogP contribution in [0.3, 0.4) is 0 Å². The summed E-state index contributed by atoms with van der Waals surface area (Å²) in [7, 11) is -8.62. The summed E-state index contributed by atoms with van der Waals surface area (Å²) in [6.45, 7) is 0. The molecule has 1 heterocycles. The summed E-state index contributed by atoms with van der Waals surface area (Å²) in [5.74, 6) is 0. The third kappa shape index (κ3) is 2.92. The Balaban J connectivity index is 1.74. The van der Waals surface area contributed by atoms with Gasteiger partial charge in [0.2, 0.25) is 0 Å². The Labute approximate surface area is 186 Å². The van der Waals surface area contributed by atoms with Crippen LogP contribution in [-0.4, -0.2) is 35.9 Å². The third-order valence-corrected chi connectivity index (χ3v) is 11.4. The predicted molar refractivity (Wildman–Crippen MR) is 119 cm³/mol. The Morgan fingerprint density at radius 2 is 1.12 bits per heavy atom. The molecule has 0 saturated heterocycles. The van der Waals surface area contributed by atoms with E-state index in [1.165, 1.54) is 28.9 Å². The lowest BCUT2D eigenvalue weighted by Crippen LogP contribution is -2.47. The highest BCUT2D eigenvalue weighted by molar-refractivity contribution is 8.10. The van der Waals surface area contributed by atoms with Crippen LogP contribution in [0.2, 0.25) is 0 Å². The van der Waals surface area contributed by atoms with Crippen LogP contribution in [-0.2, 0) is 32.5 Å². The summed E-state index contributed by atoms with van der Waals surface area (Å²) in [4.78, 5) is -0.0761. The smallest absolute Gasteiger partial charge is 0.199 e. The Bertz CT molecular complexity index is 1410. The molecule has 32 heavy (non-hydrogen) atoms. The van der Waals surface area contributed by atoms with E-state index in [0.29, 0.717) is 17.1 Å². The van der Waals surface area contributed by atoms with Crippen molar-refractivity contribution in [1.29, 1.82) is 0 Å². The molecule has 0 bridgehead atoms. The first-order valence-corrected chi connectivity index (χ1v) is 12.9. The average Bonchev–Trinajstić information content (AvgIpc) is 3.40. The number of fused-ring (bicyclic) bond motifs is 1. The van der Waals surface area contributed by atoms with Gasteiger partial charge in [0.25, 0.3) is 0 Å². The molecule has 0 amide bonds. The normalized spacial score (nSPS) is 15.4. The molecule has 0 aliphatic heterocycles. The van der Waals surface area contributed by atoms with Crippen molar-refractivity contribution in [3.63, 3.8) is 0 Å². The first-order chi connectivity index (χ1) is 15.4. The van der Waals surface area contributed by atoms with Gasteiger partial charge in [-0.05, 0) is 36.4 Å². The Hall–Kier alpha value is -3.30. The number of sulfone groups is 2. The molecular weight excluding hydrogens is 446 g/mol. The standard InChI is InChI=1S/C23H19N3O4S2/c27-31(28,19-12-6-2-7-13-19)23(32(29,30)20-14-8-3-9-15-20)16-21-22(17-23)26(25-24-21)18-10-4-1-5-11-18/h1-15H,16-17H2. The maximum Gasteiger partial charge on any atom is 0.199 e. The van der Waals surface area contributed by atoms with E-state index in [4.69, 9.17) is 0 Å². The van der Waals surface area contributed by atoms with Crippen molar-refractivity contribution in [3.05, 3.63) is 102 Å². The zero-order valence-corrected chi connectivity index (χ0v) is 18.5. The lowest BCUT2D eigenvalue weighted by Gasteiger charge is -2.29. The van der Waals surface area contributed by atoms with Gasteiger partial charge in [-0.2, -0.15) is 0 Å². The van der Waals surface area contributed by atoms with Crippen molar-refractivity contribution in [3.8, 4) is 5.69 Å². The van der Waals surface area contributed by atoms with Gasteiger partial charge >= 0.3 is 0 Å². The van der Waals surface area contributed by atoms with E-state index in [0.717, 1.165) is 0 Å². The molecule has 0 N–H and O–H groups in total. The molecule has 0 radical (unpaired) electrons. The van der Waals surface area contributed by atoms with Crippen molar-refractivity contribution < 1.29 is 16.8 Å². The van der Waals surface area contributed by atoms with Gasteiger partial charge in [0.05, 0.1) is 26.9 Å². The molecule has 9 heteroatoms. The number of benzene rings is 3. The summed E-state index contributed by atoms with van der Waals surface area (Å²) in [6.07, 6.45) is -0.525. The molecule has 0 atom stereocenters. The van der Waals surface area contributed by atoms with Crippen molar-refractivity contribution in [2.75, 3.05) is 0 Å². The highest BCUT2D eigenvalue weighted by atomic mass is 32.3. The summed E-state index contributed by atoms with van der Waals surface area (Å²) < 4.78 is 55.2. The highest BCUT2D eigenvalue weighted by Gasteiger charge is 2.60.